The lowest BCUT2D eigenvalue weighted by atomic mass is 10.1. The highest BCUT2D eigenvalue weighted by Gasteiger charge is 2.34. The first-order valence-electron chi connectivity index (χ1n) is 8.08. The zero-order chi connectivity index (χ0) is 19.9. The van der Waals surface area contributed by atoms with Crippen molar-refractivity contribution in [2.75, 3.05) is 4.31 Å². The molecule has 0 aliphatic carbocycles. The standard InChI is InChI=1S/C19H13FN2O5S/c20-17-14-9-5-4-8-13(14)10-15(27-19(24)12-6-2-1-3-7-12)18(17)22-11-16(23)21-28(22,25)26/h1-11,21,23H. The Morgan fingerprint density at radius 1 is 1.07 bits per heavy atom. The fourth-order valence-corrected chi connectivity index (χ4v) is 3.92. The Kier molecular flexibility index (Phi) is 4.16. The summed E-state index contributed by atoms with van der Waals surface area (Å²) in [6, 6.07) is 15.7. The predicted octanol–water partition coefficient (Wildman–Crippen LogP) is 3.21. The fraction of sp³-hybridized carbons (Fsp3) is 0. The SMILES string of the molecule is O=C(Oc1cc2ccccc2c(F)c1N1C=C(O)NS1(=O)=O)c1ccccc1. The van der Waals surface area contributed by atoms with Gasteiger partial charge >= 0.3 is 16.2 Å². The van der Waals surface area contributed by atoms with Crippen molar-refractivity contribution >= 4 is 32.6 Å². The molecule has 2 N–H and O–H groups in total. The molecule has 7 nitrogen and oxygen atoms in total. The number of benzene rings is 3. The van der Waals surface area contributed by atoms with E-state index in [2.05, 4.69) is 0 Å². The highest BCUT2D eigenvalue weighted by atomic mass is 32.2. The molecule has 0 atom stereocenters. The summed E-state index contributed by atoms with van der Waals surface area (Å²) in [5.74, 6) is -2.69. The number of aliphatic hydroxyl groups excluding tert-OH is 1. The molecule has 0 bridgehead atoms. The average Bonchev–Trinajstić information content (AvgIpc) is 2.94. The lowest BCUT2D eigenvalue weighted by molar-refractivity contribution is 0.0735. The quantitative estimate of drug-likeness (QED) is 0.520. The second-order valence-corrected chi connectivity index (χ2v) is 7.48. The molecule has 0 radical (unpaired) electrons. The van der Waals surface area contributed by atoms with Crippen LogP contribution >= 0.6 is 0 Å². The van der Waals surface area contributed by atoms with E-state index in [9.17, 15) is 18.3 Å². The summed E-state index contributed by atoms with van der Waals surface area (Å²) >= 11 is 0. The maximum Gasteiger partial charge on any atom is 0.343 e. The average molecular weight is 400 g/mol. The maximum atomic E-state index is 15.3. The van der Waals surface area contributed by atoms with Crippen LogP contribution in [0.3, 0.4) is 0 Å². The molecule has 28 heavy (non-hydrogen) atoms. The number of rotatable bonds is 3. The van der Waals surface area contributed by atoms with E-state index in [-0.39, 0.29) is 16.7 Å². The van der Waals surface area contributed by atoms with Gasteiger partial charge in [-0.2, -0.15) is 8.42 Å². The summed E-state index contributed by atoms with van der Waals surface area (Å²) in [5, 5.41) is 10.1. The van der Waals surface area contributed by atoms with Crippen LogP contribution in [-0.4, -0.2) is 19.5 Å². The molecule has 0 fully saturated rings. The van der Waals surface area contributed by atoms with E-state index in [1.165, 1.54) is 24.3 Å². The van der Waals surface area contributed by atoms with Crippen LogP contribution in [0.15, 0.2) is 72.7 Å². The number of carbonyl (C=O) groups is 1. The number of aliphatic hydroxyl groups is 1. The van der Waals surface area contributed by atoms with E-state index < -0.39 is 33.6 Å². The number of anilines is 1. The number of nitrogens with zero attached hydrogens (tertiary/aromatic N) is 1. The van der Waals surface area contributed by atoms with Gasteiger partial charge in [-0.15, -0.1) is 0 Å². The molecule has 0 spiro atoms. The van der Waals surface area contributed by atoms with Gasteiger partial charge in [0, 0.05) is 5.39 Å². The Labute approximate surface area is 159 Å². The minimum Gasteiger partial charge on any atom is -0.493 e. The first-order chi connectivity index (χ1) is 13.4. The van der Waals surface area contributed by atoms with Crippen LogP contribution in [0.5, 0.6) is 5.75 Å². The van der Waals surface area contributed by atoms with Crippen molar-refractivity contribution in [3.05, 3.63) is 84.1 Å². The number of carbonyl (C=O) groups excluding carboxylic acids is 1. The molecule has 3 aromatic rings. The first kappa shape index (κ1) is 17.8. The molecule has 0 amide bonds. The Morgan fingerprint density at radius 3 is 2.43 bits per heavy atom. The molecule has 0 saturated heterocycles. The number of fused-ring (bicyclic) bond motifs is 1. The second kappa shape index (κ2) is 6.54. The van der Waals surface area contributed by atoms with Crippen molar-refractivity contribution in [1.82, 2.24) is 4.72 Å². The summed E-state index contributed by atoms with van der Waals surface area (Å²) in [7, 11) is -4.29. The van der Waals surface area contributed by atoms with Crippen LogP contribution in [0, 0.1) is 5.82 Å². The molecular formula is C19H13FN2O5S. The summed E-state index contributed by atoms with van der Waals surface area (Å²) in [6.45, 7) is 0. The van der Waals surface area contributed by atoms with Crippen molar-refractivity contribution in [1.29, 1.82) is 0 Å². The molecule has 9 heteroatoms. The lowest BCUT2D eigenvalue weighted by Gasteiger charge is -2.19. The Morgan fingerprint density at radius 2 is 1.75 bits per heavy atom. The van der Waals surface area contributed by atoms with E-state index in [1.807, 2.05) is 4.72 Å². The van der Waals surface area contributed by atoms with Crippen molar-refractivity contribution in [2.24, 2.45) is 0 Å². The largest absolute Gasteiger partial charge is 0.493 e. The smallest absolute Gasteiger partial charge is 0.343 e. The molecule has 142 valence electrons. The molecule has 1 aliphatic heterocycles. The van der Waals surface area contributed by atoms with Crippen molar-refractivity contribution in [3.8, 4) is 5.75 Å². The van der Waals surface area contributed by atoms with E-state index in [4.69, 9.17) is 4.74 Å². The maximum absolute atomic E-state index is 15.3. The van der Waals surface area contributed by atoms with Crippen LogP contribution in [0.4, 0.5) is 10.1 Å². The minimum atomic E-state index is -4.29. The van der Waals surface area contributed by atoms with E-state index in [1.54, 1.807) is 36.4 Å². The van der Waals surface area contributed by atoms with Gasteiger partial charge in [0.05, 0.1) is 11.8 Å². The summed E-state index contributed by atoms with van der Waals surface area (Å²) in [4.78, 5) is 12.5. The van der Waals surface area contributed by atoms with Gasteiger partial charge in [0.25, 0.3) is 0 Å². The summed E-state index contributed by atoms with van der Waals surface area (Å²) in [5.41, 5.74) is -0.303. The number of hydrogen-bond donors (Lipinski definition) is 2. The molecular weight excluding hydrogens is 387 g/mol. The molecule has 1 aliphatic rings. The zero-order valence-electron chi connectivity index (χ0n) is 14.2. The van der Waals surface area contributed by atoms with Crippen molar-refractivity contribution < 1.29 is 27.4 Å². The third-order valence-electron chi connectivity index (χ3n) is 4.09. The Bertz CT molecular complexity index is 1230. The molecule has 0 unspecified atom stereocenters. The fourth-order valence-electron chi connectivity index (χ4n) is 2.86. The molecule has 0 saturated carbocycles. The number of esters is 1. The highest BCUT2D eigenvalue weighted by Crippen LogP contribution is 2.40. The normalized spacial score (nSPS) is 15.2. The number of ether oxygens (including phenoxy) is 1. The minimum absolute atomic E-state index is 0.131. The van der Waals surface area contributed by atoms with Crippen molar-refractivity contribution in [2.45, 2.75) is 0 Å². The topological polar surface area (TPSA) is 95.9 Å². The van der Waals surface area contributed by atoms with Gasteiger partial charge in [0.2, 0.25) is 5.88 Å². The summed E-state index contributed by atoms with van der Waals surface area (Å²) in [6.07, 6.45) is 0.794. The van der Waals surface area contributed by atoms with Gasteiger partial charge in [0.15, 0.2) is 11.6 Å². The van der Waals surface area contributed by atoms with Crippen LogP contribution < -0.4 is 13.8 Å². The van der Waals surface area contributed by atoms with Gasteiger partial charge in [0.1, 0.15) is 5.69 Å². The molecule has 4 rings (SSSR count). The van der Waals surface area contributed by atoms with Gasteiger partial charge in [-0.05, 0) is 23.6 Å². The van der Waals surface area contributed by atoms with Gasteiger partial charge in [-0.25, -0.2) is 18.2 Å². The zero-order valence-corrected chi connectivity index (χ0v) is 15.0. The van der Waals surface area contributed by atoms with E-state index >= 15 is 4.39 Å². The molecule has 3 aromatic carbocycles. The van der Waals surface area contributed by atoms with Crippen molar-refractivity contribution in [3.63, 3.8) is 0 Å². The Hall–Kier alpha value is -3.59. The van der Waals surface area contributed by atoms with Crippen LogP contribution in [0.2, 0.25) is 0 Å². The van der Waals surface area contributed by atoms with Crippen LogP contribution in [-0.2, 0) is 10.2 Å². The predicted molar refractivity (Wildman–Crippen MR) is 101 cm³/mol. The second-order valence-electron chi connectivity index (χ2n) is 5.93. The van der Waals surface area contributed by atoms with Gasteiger partial charge in [-0.3, -0.25) is 0 Å². The lowest BCUT2D eigenvalue weighted by Crippen LogP contribution is -2.30. The van der Waals surface area contributed by atoms with Gasteiger partial charge < -0.3 is 9.84 Å². The molecule has 1 heterocycles. The van der Waals surface area contributed by atoms with Gasteiger partial charge in [-0.1, -0.05) is 42.5 Å². The number of halogens is 1. The first-order valence-corrected chi connectivity index (χ1v) is 9.52. The summed E-state index contributed by atoms with van der Waals surface area (Å²) < 4.78 is 47.5. The van der Waals surface area contributed by atoms with Crippen LogP contribution in [0.25, 0.3) is 10.8 Å². The number of nitrogens with one attached hydrogen (secondary N) is 1. The third-order valence-corrected chi connectivity index (χ3v) is 5.36. The molecule has 0 aromatic heterocycles. The monoisotopic (exact) mass is 400 g/mol. The van der Waals surface area contributed by atoms with Crippen LogP contribution in [0.1, 0.15) is 10.4 Å². The third kappa shape index (κ3) is 3.01. The number of hydrogen-bond acceptors (Lipinski definition) is 5. The highest BCUT2D eigenvalue weighted by molar-refractivity contribution is 7.91. The van der Waals surface area contributed by atoms with E-state index in [0.29, 0.717) is 9.69 Å². The Balaban J connectivity index is 1.91. The van der Waals surface area contributed by atoms with E-state index in [0.717, 1.165) is 6.20 Å².